The fourth-order valence-corrected chi connectivity index (χ4v) is 8.45. The number of hydrazine groups is 1. The lowest BCUT2D eigenvalue weighted by Gasteiger charge is -2.07. The number of aromatic nitrogens is 12. The number of nitrogens with two attached hydrogens (primary N) is 4. The first-order valence-corrected chi connectivity index (χ1v) is 26.9. The maximum Gasteiger partial charge on any atom is 0.338 e. The maximum atomic E-state index is 11.9. The number of hydrogen-bond donors (Lipinski definition) is 8. The number of para-hydroxylation sites is 4. The number of aromatic amines is 1. The van der Waals surface area contributed by atoms with Gasteiger partial charge in [0.15, 0.2) is 21.6 Å². The van der Waals surface area contributed by atoms with Gasteiger partial charge < -0.3 is 27.4 Å². The summed E-state index contributed by atoms with van der Waals surface area (Å²) < 4.78 is 10.0. The number of carbonyl (C=O) groups is 2. The monoisotopic (exact) mass is 1200 g/mol. The Kier molecular flexibility index (Phi) is 20.7. The molecule has 0 fully saturated rings. The molecule has 4 aromatic carbocycles. The Bertz CT molecular complexity index is 4440. The van der Waals surface area contributed by atoms with Crippen LogP contribution in [-0.4, -0.2) is 107 Å². The van der Waals surface area contributed by atoms with E-state index in [9.17, 15) is 9.59 Å². The third kappa shape index (κ3) is 16.1. The molecular formula is C59H55N21O3S3. The van der Waals surface area contributed by atoms with Crippen molar-refractivity contribution in [2.24, 2.45) is 54.4 Å². The van der Waals surface area contributed by atoms with Crippen molar-refractivity contribution < 1.29 is 14.3 Å². The molecular weight excluding hydrogens is 1150 g/mol. The molecule has 0 unspecified atom stereocenters. The van der Waals surface area contributed by atoms with E-state index in [1.807, 2.05) is 154 Å². The minimum Gasteiger partial charge on any atom is -0.465 e. The number of H-pyrrole nitrogens is 1. The molecule has 12 rings (SSSR count). The molecule has 0 aliphatic rings. The molecule has 12 aromatic rings. The summed E-state index contributed by atoms with van der Waals surface area (Å²) in [6.07, 6.45) is 18.7. The highest BCUT2D eigenvalue weighted by atomic mass is 32.1. The molecule has 0 saturated heterocycles. The van der Waals surface area contributed by atoms with Crippen LogP contribution in [0.2, 0.25) is 0 Å². The Hall–Kier alpha value is -11.1. The standard InChI is InChI=1S/C15H14N6S.C15H13N3O2.C14H12N6S.C14H11N3O.CH5N3S/c1-21-9-11(8-18-21)14-6-10(7-17-20-15(16)22)12-4-2-3-5-13(12)19-14;1-18-9-10(8-16-18)14-7-12(15(19)20-2)11-5-3-4-6-13(11)17-14;15-14(21)20-18-6-9-5-13(10-7-16-17-8-10)19-12-4-2-1-3-11(9)12;1-17-8-11(7-15-17)14-6-10(9-18)12-4-2-3-5-13(12)16-14;2-1(5)4-3/h2-9H,1H3,(H3,16,20,22);3-9H,1-2H3;1-8H,(H,16,17)(H3,15,20,21);2-9H,1H3;3H2,(H3,2,4,5)/b17-7+;;18-6+;;. The lowest BCUT2D eigenvalue weighted by atomic mass is 10.1. The van der Waals surface area contributed by atoms with Crippen LogP contribution in [0.25, 0.3) is 88.6 Å². The molecule has 432 valence electrons. The van der Waals surface area contributed by atoms with Gasteiger partial charge in [-0.3, -0.25) is 34.8 Å². The van der Waals surface area contributed by atoms with Crippen molar-refractivity contribution in [2.75, 3.05) is 7.11 Å². The number of nitrogens with zero attached hydrogens (tertiary/aromatic N) is 13. The molecule has 0 spiro atoms. The van der Waals surface area contributed by atoms with E-state index < -0.39 is 0 Å². The number of ether oxygens (including phenoxy) is 1. The molecule has 27 heteroatoms. The zero-order valence-electron chi connectivity index (χ0n) is 46.5. The third-order valence-corrected chi connectivity index (χ3v) is 12.5. The van der Waals surface area contributed by atoms with E-state index in [0.717, 1.165) is 100 Å². The van der Waals surface area contributed by atoms with Crippen LogP contribution in [0.3, 0.4) is 0 Å². The predicted octanol–water partition coefficient (Wildman–Crippen LogP) is 7.16. The van der Waals surface area contributed by atoms with Gasteiger partial charge in [-0.15, -0.1) is 0 Å². The van der Waals surface area contributed by atoms with Crippen LogP contribution in [0.4, 0.5) is 0 Å². The number of esters is 1. The van der Waals surface area contributed by atoms with Crippen molar-refractivity contribution in [3.05, 3.63) is 193 Å². The molecule has 0 atom stereocenters. The van der Waals surface area contributed by atoms with Crippen LogP contribution in [0, 0.1) is 0 Å². The highest BCUT2D eigenvalue weighted by molar-refractivity contribution is 7.80. The summed E-state index contributed by atoms with van der Waals surface area (Å²) in [4.78, 5) is 41.5. The first-order valence-electron chi connectivity index (χ1n) is 25.6. The topological polar surface area (TPSA) is 342 Å². The smallest absolute Gasteiger partial charge is 0.338 e. The second kappa shape index (κ2) is 29.2. The van der Waals surface area contributed by atoms with Crippen molar-refractivity contribution in [2.45, 2.75) is 0 Å². The van der Waals surface area contributed by atoms with Crippen LogP contribution >= 0.6 is 36.7 Å². The first-order chi connectivity index (χ1) is 41.6. The fraction of sp³-hybridized carbons (Fsp3) is 0.0678. The number of aldehydes is 1. The Balaban J connectivity index is 0.000000145. The van der Waals surface area contributed by atoms with Crippen LogP contribution in [0.1, 0.15) is 31.8 Å². The van der Waals surface area contributed by atoms with Gasteiger partial charge >= 0.3 is 5.97 Å². The van der Waals surface area contributed by atoms with Crippen molar-refractivity contribution >= 4 is 120 Å². The highest BCUT2D eigenvalue weighted by Crippen LogP contribution is 2.28. The number of hydrogen-bond acceptors (Lipinski definition) is 17. The number of nitrogens with one attached hydrogen (secondary N) is 4. The van der Waals surface area contributed by atoms with E-state index in [4.69, 9.17) is 46.4 Å². The predicted molar refractivity (Wildman–Crippen MR) is 347 cm³/mol. The Labute approximate surface area is 507 Å². The van der Waals surface area contributed by atoms with E-state index in [1.165, 1.54) is 7.11 Å². The van der Waals surface area contributed by atoms with Crippen molar-refractivity contribution in [1.82, 2.24) is 75.8 Å². The number of hydrazone groups is 2. The summed E-state index contributed by atoms with van der Waals surface area (Å²) in [6.45, 7) is 0. The van der Waals surface area contributed by atoms with Gasteiger partial charge in [-0.25, -0.2) is 30.6 Å². The van der Waals surface area contributed by atoms with E-state index in [0.29, 0.717) is 16.8 Å². The molecule has 8 aromatic heterocycles. The number of thiocarbonyl (C=S) groups is 3. The Morgan fingerprint density at radius 1 is 0.535 bits per heavy atom. The number of fused-ring (bicyclic) bond motifs is 4. The van der Waals surface area contributed by atoms with Crippen molar-refractivity contribution in [1.29, 1.82) is 0 Å². The van der Waals surface area contributed by atoms with E-state index in [1.54, 1.807) is 69.6 Å². The van der Waals surface area contributed by atoms with Crippen molar-refractivity contribution in [3.8, 4) is 45.0 Å². The van der Waals surface area contributed by atoms with Gasteiger partial charge in [0.1, 0.15) is 0 Å². The van der Waals surface area contributed by atoms with Gasteiger partial charge in [0, 0.05) is 106 Å². The molecule has 24 nitrogen and oxygen atoms in total. The van der Waals surface area contributed by atoms with Crippen LogP contribution in [-0.2, 0) is 25.9 Å². The van der Waals surface area contributed by atoms with E-state index in [-0.39, 0.29) is 21.3 Å². The third-order valence-electron chi connectivity index (χ3n) is 12.2. The average molecular weight is 1200 g/mol. The zero-order chi connectivity index (χ0) is 61.1. The average Bonchev–Trinajstić information content (AvgIpc) is 3.80. The van der Waals surface area contributed by atoms with Gasteiger partial charge in [-0.2, -0.15) is 30.6 Å². The maximum absolute atomic E-state index is 11.9. The van der Waals surface area contributed by atoms with Gasteiger partial charge in [-0.1, -0.05) is 72.8 Å². The summed E-state index contributed by atoms with van der Waals surface area (Å²) in [7, 11) is 6.94. The number of carbonyl (C=O) groups excluding carboxylic acids is 2. The summed E-state index contributed by atoms with van der Waals surface area (Å²) in [5.74, 6) is 4.29. The number of aryl methyl sites for hydroxylation is 3. The molecule has 12 N–H and O–H groups in total. The second-order valence-electron chi connectivity index (χ2n) is 18.2. The number of methoxy groups -OCH3 is 1. The largest absolute Gasteiger partial charge is 0.465 e. The molecule has 86 heavy (non-hydrogen) atoms. The minimum atomic E-state index is -0.367. The van der Waals surface area contributed by atoms with Gasteiger partial charge in [0.25, 0.3) is 0 Å². The van der Waals surface area contributed by atoms with Crippen LogP contribution in [0.15, 0.2) is 181 Å². The first kappa shape index (κ1) is 61.0. The lowest BCUT2D eigenvalue weighted by Crippen LogP contribution is -2.34. The van der Waals surface area contributed by atoms with Crippen LogP contribution in [0.5, 0.6) is 0 Å². The highest BCUT2D eigenvalue weighted by Gasteiger charge is 2.15. The lowest BCUT2D eigenvalue weighted by molar-refractivity contribution is 0.0602. The molecule has 0 saturated carbocycles. The molecule has 0 aliphatic carbocycles. The zero-order valence-corrected chi connectivity index (χ0v) is 48.9. The minimum absolute atomic E-state index is 0.116. The second-order valence-corrected chi connectivity index (χ2v) is 19.5. The molecule has 0 amide bonds. The molecule has 0 radical (unpaired) electrons. The molecule has 8 heterocycles. The number of pyridine rings is 4. The summed E-state index contributed by atoms with van der Waals surface area (Å²) in [5.41, 5.74) is 35.8. The van der Waals surface area contributed by atoms with Gasteiger partial charge in [-0.05, 0) is 85.2 Å². The quantitative estimate of drug-likeness (QED) is 0.0168. The normalized spacial score (nSPS) is 10.7. The Morgan fingerprint density at radius 2 is 0.895 bits per heavy atom. The van der Waals surface area contributed by atoms with E-state index >= 15 is 0 Å². The summed E-state index contributed by atoms with van der Waals surface area (Å²) in [5, 5.41) is 31.3. The molecule has 0 aliphatic heterocycles. The van der Waals surface area contributed by atoms with Crippen molar-refractivity contribution in [3.63, 3.8) is 0 Å². The van der Waals surface area contributed by atoms with Crippen LogP contribution < -0.4 is 39.3 Å². The number of rotatable bonds is 10. The fourth-order valence-electron chi connectivity index (χ4n) is 8.35. The van der Waals surface area contributed by atoms with E-state index in [2.05, 4.69) is 84.5 Å². The molecule has 0 bridgehead atoms. The summed E-state index contributed by atoms with van der Waals surface area (Å²) >= 11 is 13.7. The van der Waals surface area contributed by atoms with Gasteiger partial charge in [0.2, 0.25) is 0 Å². The SMILES string of the molecule is COC(=O)c1cc(-c2cnn(C)c2)nc2ccccc12.Cn1cc(-c2cc(/C=N/NC(N)=S)c3ccccc3n2)cn1.Cn1cc(-c2cc(C=O)c3ccccc3n2)cn1.NC(=S)N/N=C/c1cc(-c2cn[nH]c2)nc2ccccc12.NNC(N)=S. The van der Waals surface area contributed by atoms with Gasteiger partial charge in [0.05, 0.1) is 94.7 Å². The number of benzene rings is 4. The Morgan fingerprint density at radius 3 is 1.24 bits per heavy atom. The summed E-state index contributed by atoms with van der Waals surface area (Å²) in [6, 6.07) is 38.3.